The molecule has 1 atom stereocenters. The number of rotatable bonds is 6. The summed E-state index contributed by atoms with van der Waals surface area (Å²) in [5.74, 6) is 0.859. The monoisotopic (exact) mass is 277 g/mol. The first-order valence-electron chi connectivity index (χ1n) is 7.12. The van der Waals surface area contributed by atoms with Crippen LogP contribution in [-0.2, 0) is 6.54 Å². The molecule has 0 aliphatic carbocycles. The summed E-state index contributed by atoms with van der Waals surface area (Å²) in [6, 6.07) is 6.48. The molecular weight excluding hydrogens is 250 g/mol. The second-order valence-corrected chi connectivity index (χ2v) is 6.02. The first-order chi connectivity index (χ1) is 9.35. The van der Waals surface area contributed by atoms with Crippen molar-refractivity contribution in [3.8, 4) is 0 Å². The van der Waals surface area contributed by atoms with Crippen LogP contribution in [-0.4, -0.2) is 29.0 Å². The van der Waals surface area contributed by atoms with Crippen LogP contribution in [0.4, 0.5) is 0 Å². The maximum absolute atomic E-state index is 8.71. The highest BCUT2D eigenvalue weighted by Crippen LogP contribution is 2.16. The molecule has 0 bridgehead atoms. The van der Waals surface area contributed by atoms with Crippen LogP contribution in [0.1, 0.15) is 43.9 Å². The molecule has 112 valence electrons. The third-order valence-corrected chi connectivity index (χ3v) is 3.73. The van der Waals surface area contributed by atoms with Gasteiger partial charge in [0.05, 0.1) is 0 Å². The van der Waals surface area contributed by atoms with Crippen molar-refractivity contribution < 1.29 is 5.21 Å². The van der Waals surface area contributed by atoms with Crippen LogP contribution in [0.2, 0.25) is 0 Å². The third kappa shape index (κ3) is 4.53. The summed E-state index contributed by atoms with van der Waals surface area (Å²) in [5, 5.41) is 11.7. The Morgan fingerprint density at radius 2 is 2.00 bits per heavy atom. The predicted molar refractivity (Wildman–Crippen MR) is 84.1 cm³/mol. The van der Waals surface area contributed by atoms with Crippen molar-refractivity contribution in [2.45, 2.75) is 46.7 Å². The lowest BCUT2D eigenvalue weighted by atomic mass is 10.0. The molecule has 0 fully saturated rings. The Hall–Kier alpha value is -1.55. The van der Waals surface area contributed by atoms with Crippen LogP contribution in [0.15, 0.2) is 23.4 Å². The van der Waals surface area contributed by atoms with E-state index in [4.69, 9.17) is 10.9 Å². The topological polar surface area (TPSA) is 61.9 Å². The van der Waals surface area contributed by atoms with Crippen LogP contribution in [0.25, 0.3) is 0 Å². The maximum atomic E-state index is 8.71. The zero-order valence-electron chi connectivity index (χ0n) is 13.2. The fourth-order valence-electron chi connectivity index (χ4n) is 2.38. The lowest BCUT2D eigenvalue weighted by molar-refractivity contribution is 0.220. The molecular formula is C16H27N3O. The zero-order valence-corrected chi connectivity index (χ0v) is 13.2. The van der Waals surface area contributed by atoms with Gasteiger partial charge in [0.1, 0.15) is 0 Å². The van der Waals surface area contributed by atoms with Gasteiger partial charge in [0.2, 0.25) is 0 Å². The van der Waals surface area contributed by atoms with Gasteiger partial charge in [-0.05, 0) is 50.4 Å². The molecule has 4 heteroatoms. The van der Waals surface area contributed by atoms with Gasteiger partial charge in [-0.1, -0.05) is 31.1 Å². The lowest BCUT2D eigenvalue weighted by Crippen LogP contribution is -2.30. The van der Waals surface area contributed by atoms with E-state index < -0.39 is 0 Å². The van der Waals surface area contributed by atoms with Gasteiger partial charge in [-0.2, -0.15) is 0 Å². The Labute approximate surface area is 122 Å². The molecule has 0 saturated heterocycles. The predicted octanol–water partition coefficient (Wildman–Crippen LogP) is 2.96. The largest absolute Gasteiger partial charge is 0.409 e. The summed E-state index contributed by atoms with van der Waals surface area (Å²) < 4.78 is 0. The van der Waals surface area contributed by atoms with E-state index in [1.807, 2.05) is 12.1 Å². The Morgan fingerprint density at radius 3 is 2.50 bits per heavy atom. The van der Waals surface area contributed by atoms with Crippen molar-refractivity contribution in [1.29, 1.82) is 0 Å². The second-order valence-electron chi connectivity index (χ2n) is 6.02. The molecule has 1 aromatic rings. The van der Waals surface area contributed by atoms with E-state index in [1.54, 1.807) is 0 Å². The van der Waals surface area contributed by atoms with Gasteiger partial charge in [-0.25, -0.2) is 0 Å². The quantitative estimate of drug-likeness (QED) is 0.364. The number of hydrogen-bond donors (Lipinski definition) is 2. The molecule has 0 aliphatic rings. The molecule has 0 spiro atoms. The number of benzene rings is 1. The highest BCUT2D eigenvalue weighted by Gasteiger charge is 2.13. The summed E-state index contributed by atoms with van der Waals surface area (Å²) in [6.07, 6.45) is 1.19. The van der Waals surface area contributed by atoms with Crippen molar-refractivity contribution in [3.63, 3.8) is 0 Å². The van der Waals surface area contributed by atoms with Crippen LogP contribution in [0, 0.1) is 12.8 Å². The molecule has 3 N–H and O–H groups in total. The summed E-state index contributed by atoms with van der Waals surface area (Å²) in [5.41, 5.74) is 8.80. The number of oxime groups is 1. The highest BCUT2D eigenvalue weighted by molar-refractivity contribution is 5.97. The van der Waals surface area contributed by atoms with Crippen molar-refractivity contribution in [2.24, 2.45) is 16.8 Å². The van der Waals surface area contributed by atoms with Crippen molar-refractivity contribution in [2.75, 3.05) is 7.05 Å². The van der Waals surface area contributed by atoms with E-state index in [1.165, 1.54) is 12.0 Å². The van der Waals surface area contributed by atoms with Gasteiger partial charge in [-0.15, -0.1) is 0 Å². The number of aryl methyl sites for hydroxylation is 1. The SMILES string of the molecule is Cc1cc(/C(N)=N/O)ccc1CN(C)C(C)CC(C)C. The molecule has 0 amide bonds. The van der Waals surface area contributed by atoms with E-state index in [0.29, 0.717) is 12.0 Å². The van der Waals surface area contributed by atoms with Gasteiger partial charge in [0.15, 0.2) is 5.84 Å². The normalized spacial score (nSPS) is 14.1. The number of amidine groups is 1. The first-order valence-corrected chi connectivity index (χ1v) is 7.12. The van der Waals surface area contributed by atoms with E-state index in [-0.39, 0.29) is 5.84 Å². The Morgan fingerprint density at radius 1 is 1.35 bits per heavy atom. The summed E-state index contributed by atoms with van der Waals surface area (Å²) in [6.45, 7) is 9.74. The fourth-order valence-corrected chi connectivity index (χ4v) is 2.38. The molecule has 20 heavy (non-hydrogen) atoms. The molecule has 0 heterocycles. The minimum Gasteiger partial charge on any atom is -0.409 e. The van der Waals surface area contributed by atoms with Crippen LogP contribution in [0.3, 0.4) is 0 Å². The van der Waals surface area contributed by atoms with Crippen LogP contribution < -0.4 is 5.73 Å². The minimum atomic E-state index is 0.154. The smallest absolute Gasteiger partial charge is 0.170 e. The van der Waals surface area contributed by atoms with E-state index in [0.717, 1.165) is 17.7 Å². The molecule has 4 nitrogen and oxygen atoms in total. The second kappa shape index (κ2) is 7.29. The summed E-state index contributed by atoms with van der Waals surface area (Å²) in [7, 11) is 2.16. The van der Waals surface area contributed by atoms with Crippen molar-refractivity contribution in [3.05, 3.63) is 34.9 Å². The summed E-state index contributed by atoms with van der Waals surface area (Å²) >= 11 is 0. The van der Waals surface area contributed by atoms with Gasteiger partial charge in [0, 0.05) is 18.2 Å². The van der Waals surface area contributed by atoms with E-state index in [2.05, 4.69) is 50.9 Å². The third-order valence-electron chi connectivity index (χ3n) is 3.73. The molecule has 1 aromatic carbocycles. The molecule has 0 aliphatic heterocycles. The van der Waals surface area contributed by atoms with E-state index >= 15 is 0 Å². The molecule has 0 aromatic heterocycles. The Balaban J connectivity index is 2.78. The first kappa shape index (κ1) is 16.5. The Kier molecular flexibility index (Phi) is 6.02. The maximum Gasteiger partial charge on any atom is 0.170 e. The summed E-state index contributed by atoms with van der Waals surface area (Å²) in [4.78, 5) is 2.37. The van der Waals surface area contributed by atoms with Crippen LogP contribution >= 0.6 is 0 Å². The van der Waals surface area contributed by atoms with Crippen molar-refractivity contribution >= 4 is 5.84 Å². The number of hydrogen-bond acceptors (Lipinski definition) is 3. The van der Waals surface area contributed by atoms with Gasteiger partial charge < -0.3 is 10.9 Å². The fraction of sp³-hybridized carbons (Fsp3) is 0.562. The molecule has 1 unspecified atom stereocenters. The van der Waals surface area contributed by atoms with Gasteiger partial charge in [-0.3, -0.25) is 4.90 Å². The minimum absolute atomic E-state index is 0.154. The average molecular weight is 277 g/mol. The average Bonchev–Trinajstić information content (AvgIpc) is 2.39. The molecule has 1 rings (SSSR count). The lowest BCUT2D eigenvalue weighted by Gasteiger charge is -2.27. The van der Waals surface area contributed by atoms with E-state index in [9.17, 15) is 0 Å². The highest BCUT2D eigenvalue weighted by atomic mass is 16.4. The molecule has 0 radical (unpaired) electrons. The number of nitrogens with zero attached hydrogens (tertiary/aromatic N) is 2. The molecule has 0 saturated carbocycles. The van der Waals surface area contributed by atoms with Crippen LogP contribution in [0.5, 0.6) is 0 Å². The van der Waals surface area contributed by atoms with Gasteiger partial charge in [0.25, 0.3) is 0 Å². The Bertz CT molecular complexity index is 469. The van der Waals surface area contributed by atoms with Crippen molar-refractivity contribution in [1.82, 2.24) is 4.90 Å². The number of nitrogens with two attached hydrogens (primary N) is 1. The zero-order chi connectivity index (χ0) is 15.3. The standard InChI is InChI=1S/C16H27N3O/c1-11(2)8-13(4)19(5)10-15-7-6-14(9-12(15)3)16(17)18-20/h6-7,9,11,13,20H,8,10H2,1-5H3,(H2,17,18). The van der Waals surface area contributed by atoms with Gasteiger partial charge >= 0.3 is 0 Å².